The number of halogens is 1. The molecule has 0 aliphatic carbocycles. The van der Waals surface area contributed by atoms with Crippen molar-refractivity contribution in [2.45, 2.75) is 52.0 Å². The maximum absolute atomic E-state index is 13.3. The maximum Gasteiger partial charge on any atom is 0.126 e. The van der Waals surface area contributed by atoms with Gasteiger partial charge in [0, 0.05) is 17.5 Å². The highest BCUT2D eigenvalue weighted by molar-refractivity contribution is 5.30. The molecule has 1 aromatic rings. The van der Waals surface area contributed by atoms with Crippen molar-refractivity contribution in [3.05, 3.63) is 35.1 Å². The average Bonchev–Trinajstić information content (AvgIpc) is 2.30. The lowest BCUT2D eigenvalue weighted by molar-refractivity contribution is 0.325. The lowest BCUT2D eigenvalue weighted by Gasteiger charge is -2.33. The highest BCUT2D eigenvalue weighted by Crippen LogP contribution is 2.25. The molecule has 0 saturated heterocycles. The molecule has 0 amide bonds. The Morgan fingerprint density at radius 1 is 1.21 bits per heavy atom. The van der Waals surface area contributed by atoms with Crippen LogP contribution in [0.5, 0.6) is 0 Å². The molecule has 3 N–H and O–H groups in total. The second-order valence-corrected chi connectivity index (χ2v) is 6.62. The number of hydrogen-bond donors (Lipinski definition) is 2. The number of nitrogens with two attached hydrogens (primary N) is 1. The third-order valence-electron chi connectivity index (χ3n) is 3.72. The molecule has 0 spiro atoms. The van der Waals surface area contributed by atoms with E-state index in [1.54, 1.807) is 13.0 Å². The molecular formula is C16H27FN2. The molecule has 19 heavy (non-hydrogen) atoms. The van der Waals surface area contributed by atoms with Gasteiger partial charge in [-0.2, -0.15) is 0 Å². The molecule has 0 aromatic heterocycles. The minimum Gasteiger partial charge on any atom is -0.330 e. The molecule has 0 saturated carbocycles. The van der Waals surface area contributed by atoms with E-state index in [1.807, 2.05) is 12.1 Å². The summed E-state index contributed by atoms with van der Waals surface area (Å²) in [5.74, 6) is -0.143. The first-order valence-electron chi connectivity index (χ1n) is 6.90. The van der Waals surface area contributed by atoms with E-state index in [1.165, 1.54) is 0 Å². The van der Waals surface area contributed by atoms with Gasteiger partial charge in [-0.25, -0.2) is 4.39 Å². The smallest absolute Gasteiger partial charge is 0.126 e. The van der Waals surface area contributed by atoms with Crippen molar-refractivity contribution in [1.29, 1.82) is 0 Å². The average molecular weight is 266 g/mol. The molecule has 108 valence electrons. The number of nitrogens with one attached hydrogen (secondary N) is 1. The lowest BCUT2D eigenvalue weighted by atomic mass is 9.83. The zero-order chi connectivity index (χ0) is 14.7. The summed E-state index contributed by atoms with van der Waals surface area (Å²) in [7, 11) is 0. The number of benzene rings is 1. The zero-order valence-corrected chi connectivity index (χ0v) is 12.8. The summed E-state index contributed by atoms with van der Waals surface area (Å²) in [6.45, 7) is 12.0. The van der Waals surface area contributed by atoms with E-state index >= 15 is 0 Å². The van der Waals surface area contributed by atoms with E-state index in [0.717, 1.165) is 18.5 Å². The fourth-order valence-corrected chi connectivity index (χ4v) is 2.08. The van der Waals surface area contributed by atoms with Crippen molar-refractivity contribution in [2.75, 3.05) is 13.1 Å². The Morgan fingerprint density at radius 2 is 1.84 bits per heavy atom. The largest absolute Gasteiger partial charge is 0.330 e. The Hall–Kier alpha value is -0.930. The van der Waals surface area contributed by atoms with Crippen LogP contribution in [0.3, 0.4) is 0 Å². The van der Waals surface area contributed by atoms with Gasteiger partial charge in [-0.1, -0.05) is 26.0 Å². The first kappa shape index (κ1) is 16.1. The summed E-state index contributed by atoms with van der Waals surface area (Å²) < 4.78 is 13.3. The fraction of sp³-hybridized carbons (Fsp3) is 0.625. The first-order chi connectivity index (χ1) is 8.68. The van der Waals surface area contributed by atoms with Crippen molar-refractivity contribution >= 4 is 0 Å². The van der Waals surface area contributed by atoms with E-state index in [-0.39, 0.29) is 16.8 Å². The molecule has 0 radical (unpaired) electrons. The van der Waals surface area contributed by atoms with Gasteiger partial charge in [-0.05, 0) is 50.9 Å². The predicted octanol–water partition coefficient (Wildman–Crippen LogP) is 3.13. The fourth-order valence-electron chi connectivity index (χ4n) is 2.08. The summed E-state index contributed by atoms with van der Waals surface area (Å²) in [5, 5.41) is 3.56. The summed E-state index contributed by atoms with van der Waals surface area (Å²) >= 11 is 0. The van der Waals surface area contributed by atoms with Crippen LogP contribution in [-0.2, 0) is 5.41 Å². The van der Waals surface area contributed by atoms with E-state index in [4.69, 9.17) is 5.73 Å². The third-order valence-corrected chi connectivity index (χ3v) is 3.72. The zero-order valence-electron chi connectivity index (χ0n) is 12.8. The molecule has 0 unspecified atom stereocenters. The second kappa shape index (κ2) is 6.02. The Balaban J connectivity index is 2.77. The van der Waals surface area contributed by atoms with Gasteiger partial charge in [0.1, 0.15) is 5.82 Å². The summed E-state index contributed by atoms with van der Waals surface area (Å²) in [6, 6.07) is 5.37. The predicted molar refractivity (Wildman–Crippen MR) is 79.9 cm³/mol. The monoisotopic (exact) mass is 266 g/mol. The summed E-state index contributed by atoms with van der Waals surface area (Å²) in [5.41, 5.74) is 7.47. The van der Waals surface area contributed by atoms with Crippen LogP contribution in [0.15, 0.2) is 18.2 Å². The number of rotatable bonds is 6. The van der Waals surface area contributed by atoms with Crippen molar-refractivity contribution < 1.29 is 4.39 Å². The summed E-state index contributed by atoms with van der Waals surface area (Å²) in [4.78, 5) is 0. The van der Waals surface area contributed by atoms with Crippen LogP contribution >= 0.6 is 0 Å². The van der Waals surface area contributed by atoms with Gasteiger partial charge in [-0.3, -0.25) is 0 Å². The second-order valence-electron chi connectivity index (χ2n) is 6.62. The third kappa shape index (κ3) is 4.59. The van der Waals surface area contributed by atoms with Crippen LogP contribution in [0, 0.1) is 12.7 Å². The Kier molecular flexibility index (Phi) is 5.11. The van der Waals surface area contributed by atoms with Gasteiger partial charge in [-0.15, -0.1) is 0 Å². The van der Waals surface area contributed by atoms with Crippen LogP contribution in [-0.4, -0.2) is 18.6 Å². The van der Waals surface area contributed by atoms with Crippen LogP contribution < -0.4 is 11.1 Å². The van der Waals surface area contributed by atoms with Crippen molar-refractivity contribution in [2.24, 2.45) is 5.73 Å². The number of hydrogen-bond acceptors (Lipinski definition) is 2. The van der Waals surface area contributed by atoms with Gasteiger partial charge < -0.3 is 11.1 Å². The molecule has 0 bridgehead atoms. The highest BCUT2D eigenvalue weighted by Gasteiger charge is 2.25. The van der Waals surface area contributed by atoms with E-state index in [9.17, 15) is 4.39 Å². The molecular weight excluding hydrogens is 239 g/mol. The molecule has 2 nitrogen and oxygen atoms in total. The van der Waals surface area contributed by atoms with Crippen LogP contribution in [0.2, 0.25) is 0 Å². The molecule has 1 aromatic carbocycles. The van der Waals surface area contributed by atoms with E-state index in [2.05, 4.69) is 33.0 Å². The van der Waals surface area contributed by atoms with Crippen LogP contribution in [0.4, 0.5) is 4.39 Å². The highest BCUT2D eigenvalue weighted by atomic mass is 19.1. The minimum absolute atomic E-state index is 0.0289. The SMILES string of the molecule is Cc1cc(C(C)(C)CNC(C)(C)CCN)ccc1F. The molecule has 0 fully saturated rings. The Morgan fingerprint density at radius 3 is 2.37 bits per heavy atom. The lowest BCUT2D eigenvalue weighted by Crippen LogP contribution is -2.46. The molecule has 0 aliphatic rings. The minimum atomic E-state index is -0.143. The van der Waals surface area contributed by atoms with Gasteiger partial charge in [0.25, 0.3) is 0 Å². The van der Waals surface area contributed by atoms with Gasteiger partial charge in [0.05, 0.1) is 0 Å². The van der Waals surface area contributed by atoms with Gasteiger partial charge >= 0.3 is 0 Å². The van der Waals surface area contributed by atoms with Crippen LogP contribution in [0.1, 0.15) is 45.2 Å². The van der Waals surface area contributed by atoms with Crippen molar-refractivity contribution in [3.8, 4) is 0 Å². The first-order valence-corrected chi connectivity index (χ1v) is 6.90. The molecule has 3 heteroatoms. The van der Waals surface area contributed by atoms with E-state index in [0.29, 0.717) is 12.1 Å². The van der Waals surface area contributed by atoms with Crippen molar-refractivity contribution in [1.82, 2.24) is 5.32 Å². The normalized spacial score (nSPS) is 12.8. The number of aryl methyl sites for hydroxylation is 1. The molecule has 0 atom stereocenters. The standard InChI is InChI=1S/C16H27FN2/c1-12-10-13(6-7-14(12)17)15(2,3)11-19-16(4,5)8-9-18/h6-7,10,19H,8-9,11,18H2,1-5H3. The van der Waals surface area contributed by atoms with Crippen LogP contribution in [0.25, 0.3) is 0 Å². The van der Waals surface area contributed by atoms with E-state index < -0.39 is 0 Å². The summed E-state index contributed by atoms with van der Waals surface area (Å²) in [6.07, 6.45) is 0.936. The molecule has 0 heterocycles. The quantitative estimate of drug-likeness (QED) is 0.830. The van der Waals surface area contributed by atoms with Gasteiger partial charge in [0.15, 0.2) is 0 Å². The molecule has 1 rings (SSSR count). The Bertz CT molecular complexity index is 425. The maximum atomic E-state index is 13.3. The van der Waals surface area contributed by atoms with Gasteiger partial charge in [0.2, 0.25) is 0 Å². The topological polar surface area (TPSA) is 38.0 Å². The molecule has 0 aliphatic heterocycles. The van der Waals surface area contributed by atoms with Crippen molar-refractivity contribution in [3.63, 3.8) is 0 Å². The Labute approximate surface area is 116 Å².